The highest BCUT2D eigenvalue weighted by molar-refractivity contribution is 6.03. The summed E-state index contributed by atoms with van der Waals surface area (Å²) in [6.45, 7) is 0. The Morgan fingerprint density at radius 3 is 1.85 bits per heavy atom. The first-order valence-electron chi connectivity index (χ1n) is 8.49. The van der Waals surface area contributed by atoms with Gasteiger partial charge in [0.1, 0.15) is 12.0 Å². The molecule has 26 heavy (non-hydrogen) atoms. The molecule has 3 heteroatoms. The van der Waals surface area contributed by atoms with E-state index in [-0.39, 0.29) is 0 Å². The zero-order valence-electron chi connectivity index (χ0n) is 13.9. The molecule has 5 aromatic rings. The summed E-state index contributed by atoms with van der Waals surface area (Å²) in [5.41, 5.74) is 3.73. The van der Waals surface area contributed by atoms with Gasteiger partial charge < -0.3 is 8.94 Å². The van der Waals surface area contributed by atoms with Gasteiger partial charge in [0.25, 0.3) is 0 Å². The standard InChI is InChI=1S/C23H15NO2/c1-3-9-16(10-4-1)20-15-25-24-21(20)23-19-14-8-7-13-18(19)22(26-23)17-11-5-2-6-12-17/h1-15H. The van der Waals surface area contributed by atoms with E-state index in [2.05, 4.69) is 29.4 Å². The molecule has 0 radical (unpaired) electrons. The minimum Gasteiger partial charge on any atom is -0.453 e. The number of hydrogen-bond donors (Lipinski definition) is 0. The van der Waals surface area contributed by atoms with Crippen LogP contribution in [0.5, 0.6) is 0 Å². The highest BCUT2D eigenvalue weighted by Gasteiger charge is 2.21. The van der Waals surface area contributed by atoms with Crippen LogP contribution in [-0.4, -0.2) is 5.16 Å². The Labute approximate surface area is 150 Å². The van der Waals surface area contributed by atoms with E-state index in [0.717, 1.165) is 44.7 Å². The molecule has 0 aliphatic rings. The molecule has 2 aromatic heterocycles. The van der Waals surface area contributed by atoms with Gasteiger partial charge in [-0.3, -0.25) is 0 Å². The summed E-state index contributed by atoms with van der Waals surface area (Å²) in [5.74, 6) is 1.57. The Kier molecular flexibility index (Phi) is 3.42. The lowest BCUT2D eigenvalue weighted by Gasteiger charge is -1.99. The van der Waals surface area contributed by atoms with Crippen LogP contribution in [0, 0.1) is 0 Å². The van der Waals surface area contributed by atoms with Crippen LogP contribution in [0.1, 0.15) is 0 Å². The Bertz CT molecular complexity index is 1170. The summed E-state index contributed by atoms with van der Waals surface area (Å²) >= 11 is 0. The van der Waals surface area contributed by atoms with E-state index in [4.69, 9.17) is 8.94 Å². The summed E-state index contributed by atoms with van der Waals surface area (Å²) in [6.07, 6.45) is 1.67. The maximum Gasteiger partial charge on any atom is 0.165 e. The molecule has 0 saturated carbocycles. The Hall–Kier alpha value is -3.59. The van der Waals surface area contributed by atoms with Gasteiger partial charge in [-0.25, -0.2) is 0 Å². The van der Waals surface area contributed by atoms with E-state index in [1.165, 1.54) is 0 Å². The summed E-state index contributed by atoms with van der Waals surface area (Å²) in [7, 11) is 0. The first-order valence-corrected chi connectivity index (χ1v) is 8.49. The second-order valence-electron chi connectivity index (χ2n) is 6.11. The molecule has 3 nitrogen and oxygen atoms in total. The summed E-state index contributed by atoms with van der Waals surface area (Å²) < 4.78 is 11.6. The zero-order valence-corrected chi connectivity index (χ0v) is 13.9. The molecule has 0 aliphatic carbocycles. The molecule has 0 unspecified atom stereocenters. The van der Waals surface area contributed by atoms with Gasteiger partial charge in [-0.05, 0) is 5.56 Å². The SMILES string of the molecule is c1ccc(-c2conc2-c2oc(-c3ccccc3)c3ccccc23)cc1. The normalized spacial score (nSPS) is 11.1. The van der Waals surface area contributed by atoms with Crippen molar-refractivity contribution in [1.29, 1.82) is 0 Å². The number of fused-ring (bicyclic) bond motifs is 1. The van der Waals surface area contributed by atoms with Crippen LogP contribution >= 0.6 is 0 Å². The van der Waals surface area contributed by atoms with Crippen LogP contribution in [0.2, 0.25) is 0 Å². The molecule has 0 aliphatic heterocycles. The van der Waals surface area contributed by atoms with Crippen LogP contribution in [0.25, 0.3) is 44.7 Å². The summed E-state index contributed by atoms with van der Waals surface area (Å²) in [6, 6.07) is 28.4. The lowest BCUT2D eigenvalue weighted by atomic mass is 10.0. The second-order valence-corrected chi connectivity index (χ2v) is 6.11. The van der Waals surface area contributed by atoms with E-state index in [9.17, 15) is 0 Å². The molecule has 0 fully saturated rings. The van der Waals surface area contributed by atoms with E-state index >= 15 is 0 Å². The molecule has 124 valence electrons. The highest BCUT2D eigenvalue weighted by atomic mass is 16.5. The maximum absolute atomic E-state index is 6.34. The van der Waals surface area contributed by atoms with Crippen molar-refractivity contribution in [2.45, 2.75) is 0 Å². The smallest absolute Gasteiger partial charge is 0.165 e. The number of hydrogen-bond acceptors (Lipinski definition) is 3. The van der Waals surface area contributed by atoms with E-state index in [1.54, 1.807) is 6.26 Å². The van der Waals surface area contributed by atoms with Crippen LogP contribution < -0.4 is 0 Å². The Balaban J connectivity index is 1.76. The monoisotopic (exact) mass is 337 g/mol. The second kappa shape index (κ2) is 6.05. The number of furan rings is 1. The van der Waals surface area contributed by atoms with Crippen LogP contribution in [0.15, 0.2) is 100 Å². The van der Waals surface area contributed by atoms with E-state index in [1.807, 2.05) is 60.7 Å². The number of nitrogens with zero attached hydrogens (tertiary/aromatic N) is 1. The quantitative estimate of drug-likeness (QED) is 0.381. The van der Waals surface area contributed by atoms with Gasteiger partial charge in [-0.2, -0.15) is 0 Å². The molecular weight excluding hydrogens is 322 g/mol. The van der Waals surface area contributed by atoms with Crippen molar-refractivity contribution >= 4 is 10.8 Å². The zero-order chi connectivity index (χ0) is 17.3. The van der Waals surface area contributed by atoms with Crippen LogP contribution in [0.3, 0.4) is 0 Å². The van der Waals surface area contributed by atoms with Crippen LogP contribution in [-0.2, 0) is 0 Å². The summed E-state index contributed by atoms with van der Waals surface area (Å²) in [5, 5.41) is 6.34. The molecule has 0 saturated heterocycles. The van der Waals surface area contributed by atoms with E-state index < -0.39 is 0 Å². The van der Waals surface area contributed by atoms with Crippen molar-refractivity contribution in [3.63, 3.8) is 0 Å². The van der Waals surface area contributed by atoms with Crippen molar-refractivity contribution < 1.29 is 8.94 Å². The third-order valence-electron chi connectivity index (χ3n) is 4.53. The van der Waals surface area contributed by atoms with Crippen LogP contribution in [0.4, 0.5) is 0 Å². The molecule has 3 aromatic carbocycles. The van der Waals surface area contributed by atoms with E-state index in [0.29, 0.717) is 0 Å². The predicted molar refractivity (Wildman–Crippen MR) is 103 cm³/mol. The molecule has 0 amide bonds. The minimum atomic E-state index is 0.717. The number of benzene rings is 3. The Morgan fingerprint density at radius 2 is 1.15 bits per heavy atom. The minimum absolute atomic E-state index is 0.717. The molecule has 2 heterocycles. The fourth-order valence-corrected chi connectivity index (χ4v) is 3.29. The topological polar surface area (TPSA) is 39.2 Å². The van der Waals surface area contributed by atoms with Gasteiger partial charge in [0.2, 0.25) is 0 Å². The number of rotatable bonds is 3. The van der Waals surface area contributed by atoms with Gasteiger partial charge in [0.15, 0.2) is 11.5 Å². The molecular formula is C23H15NO2. The molecule has 0 bridgehead atoms. The first kappa shape index (κ1) is 14.7. The van der Waals surface area contributed by atoms with Crippen molar-refractivity contribution in [3.8, 4) is 33.9 Å². The largest absolute Gasteiger partial charge is 0.453 e. The molecule has 5 rings (SSSR count). The van der Waals surface area contributed by atoms with Crippen molar-refractivity contribution in [2.24, 2.45) is 0 Å². The maximum atomic E-state index is 6.34. The molecule has 0 N–H and O–H groups in total. The third kappa shape index (κ3) is 2.33. The van der Waals surface area contributed by atoms with Gasteiger partial charge in [-0.1, -0.05) is 90.1 Å². The lowest BCUT2D eigenvalue weighted by molar-refractivity contribution is 0.420. The lowest BCUT2D eigenvalue weighted by Crippen LogP contribution is -1.80. The van der Waals surface area contributed by atoms with Crippen molar-refractivity contribution in [3.05, 3.63) is 91.2 Å². The van der Waals surface area contributed by atoms with Gasteiger partial charge >= 0.3 is 0 Å². The fraction of sp³-hybridized carbons (Fsp3) is 0. The highest BCUT2D eigenvalue weighted by Crippen LogP contribution is 2.41. The molecule has 0 atom stereocenters. The average Bonchev–Trinajstić information content (AvgIpc) is 3.34. The first-order chi connectivity index (χ1) is 12.9. The fourth-order valence-electron chi connectivity index (χ4n) is 3.29. The van der Waals surface area contributed by atoms with Crippen molar-refractivity contribution in [2.75, 3.05) is 0 Å². The Morgan fingerprint density at radius 1 is 0.577 bits per heavy atom. The summed E-state index contributed by atoms with van der Waals surface area (Å²) in [4.78, 5) is 0. The third-order valence-corrected chi connectivity index (χ3v) is 4.53. The van der Waals surface area contributed by atoms with Gasteiger partial charge in [0.05, 0.1) is 5.56 Å². The predicted octanol–water partition coefficient (Wildman–Crippen LogP) is 6.42. The average molecular weight is 337 g/mol. The van der Waals surface area contributed by atoms with Gasteiger partial charge in [0, 0.05) is 16.3 Å². The van der Waals surface area contributed by atoms with Crippen molar-refractivity contribution in [1.82, 2.24) is 5.16 Å². The molecule has 0 spiro atoms. The number of aromatic nitrogens is 1. The van der Waals surface area contributed by atoms with Gasteiger partial charge in [-0.15, -0.1) is 0 Å².